The zero-order valence-corrected chi connectivity index (χ0v) is 19.7. The zero-order valence-electron chi connectivity index (χ0n) is 19.7. The molecule has 5 nitrogen and oxygen atoms in total. The molecule has 1 unspecified atom stereocenters. The number of carboxylic acid groups (broad SMARTS) is 1. The Bertz CT molecular complexity index is 1400. The zero-order chi connectivity index (χ0) is 24.5. The number of carboxylic acids is 1. The van der Waals surface area contributed by atoms with Crippen molar-refractivity contribution in [3.8, 4) is 5.75 Å². The predicted octanol–water partition coefficient (Wildman–Crippen LogP) is 6.24. The fraction of sp³-hybridized carbons (Fsp3) is 0.207. The highest BCUT2D eigenvalue weighted by molar-refractivity contribution is 5.91. The number of anilines is 2. The molecule has 4 aromatic carbocycles. The van der Waals surface area contributed by atoms with Gasteiger partial charge in [-0.05, 0) is 60.0 Å². The van der Waals surface area contributed by atoms with Crippen molar-refractivity contribution in [2.75, 3.05) is 18.0 Å². The van der Waals surface area contributed by atoms with Gasteiger partial charge in [-0.15, -0.1) is 0 Å². The first-order valence-electron chi connectivity index (χ1n) is 11.7. The number of fused-ring (bicyclic) bond motifs is 2. The molecular formula is C29H27FN2O3. The van der Waals surface area contributed by atoms with E-state index in [1.807, 2.05) is 23.1 Å². The summed E-state index contributed by atoms with van der Waals surface area (Å²) in [6.07, 6.45) is -0.267. The van der Waals surface area contributed by atoms with Gasteiger partial charge in [0.05, 0.1) is 17.8 Å². The van der Waals surface area contributed by atoms with Crippen molar-refractivity contribution in [2.45, 2.75) is 26.0 Å². The highest BCUT2D eigenvalue weighted by atomic mass is 19.1. The van der Waals surface area contributed by atoms with E-state index in [0.717, 1.165) is 5.69 Å². The smallest absolute Gasteiger partial charge is 0.336 e. The van der Waals surface area contributed by atoms with Gasteiger partial charge in [0, 0.05) is 24.3 Å². The van der Waals surface area contributed by atoms with Crippen molar-refractivity contribution in [2.24, 2.45) is 0 Å². The minimum absolute atomic E-state index is 0.0741. The van der Waals surface area contributed by atoms with Crippen LogP contribution in [0.25, 0.3) is 10.8 Å². The molecule has 0 aromatic heterocycles. The van der Waals surface area contributed by atoms with Gasteiger partial charge in [0.2, 0.25) is 0 Å². The minimum atomic E-state index is -0.973. The summed E-state index contributed by atoms with van der Waals surface area (Å²) in [6.45, 7) is 4.93. The van der Waals surface area contributed by atoms with E-state index < -0.39 is 5.97 Å². The molecule has 178 valence electrons. The average Bonchev–Trinajstić information content (AvgIpc) is 2.86. The normalized spacial score (nSPS) is 16.0. The third kappa shape index (κ3) is 4.57. The summed E-state index contributed by atoms with van der Waals surface area (Å²) >= 11 is 0. The van der Waals surface area contributed by atoms with Crippen molar-refractivity contribution >= 4 is 28.1 Å². The molecule has 2 atom stereocenters. The van der Waals surface area contributed by atoms with Crippen molar-refractivity contribution < 1.29 is 19.0 Å². The van der Waals surface area contributed by atoms with Crippen molar-refractivity contribution in [3.63, 3.8) is 0 Å². The number of nitrogens with one attached hydrogen (secondary N) is 1. The van der Waals surface area contributed by atoms with Crippen LogP contribution < -0.4 is 15.0 Å². The Hall–Kier alpha value is -3.90. The van der Waals surface area contributed by atoms with Gasteiger partial charge in [-0.1, -0.05) is 48.5 Å². The molecule has 0 bridgehead atoms. The lowest BCUT2D eigenvalue weighted by Gasteiger charge is -2.37. The molecule has 0 fully saturated rings. The van der Waals surface area contributed by atoms with E-state index in [1.54, 1.807) is 25.1 Å². The second kappa shape index (κ2) is 9.39. The standard InChI is InChI=1S/C29H27FN2O3/c1-18-10-12-22(15-26(18)29(33)34)32-17-23(35-28-14-21(30)11-13-27(28)32)16-31-19(2)24-9-5-7-20-6-3-4-8-25(20)24/h3-15,19,23,31H,16-17H2,1-2H3,(H,33,34)/t19-,23?/m1/s1. The van der Waals surface area contributed by atoms with Crippen molar-refractivity contribution in [3.05, 3.63) is 101 Å². The Morgan fingerprint density at radius 3 is 2.74 bits per heavy atom. The molecule has 2 N–H and O–H groups in total. The molecule has 0 aliphatic carbocycles. The van der Waals surface area contributed by atoms with Crippen LogP contribution in [0.4, 0.5) is 15.8 Å². The predicted molar refractivity (Wildman–Crippen MR) is 136 cm³/mol. The number of rotatable bonds is 6. The highest BCUT2D eigenvalue weighted by Crippen LogP contribution is 2.39. The Kier molecular flexibility index (Phi) is 6.14. The molecule has 0 saturated carbocycles. The second-order valence-corrected chi connectivity index (χ2v) is 8.97. The number of aryl methyl sites for hydroxylation is 1. The SMILES string of the molecule is Cc1ccc(N2CC(CN[C@H](C)c3cccc4ccccc34)Oc3cc(F)ccc32)cc1C(=O)O. The molecule has 6 heteroatoms. The van der Waals surface area contributed by atoms with Gasteiger partial charge in [0.15, 0.2) is 0 Å². The Morgan fingerprint density at radius 2 is 1.91 bits per heavy atom. The van der Waals surface area contributed by atoms with Gasteiger partial charge in [-0.3, -0.25) is 0 Å². The molecule has 1 heterocycles. The Balaban J connectivity index is 1.41. The average molecular weight is 471 g/mol. The summed E-state index contributed by atoms with van der Waals surface area (Å²) < 4.78 is 20.2. The maximum atomic E-state index is 14.1. The Morgan fingerprint density at radius 1 is 1.11 bits per heavy atom. The van der Waals surface area contributed by atoms with Crippen LogP contribution in [0.5, 0.6) is 5.75 Å². The number of hydrogen-bond donors (Lipinski definition) is 2. The fourth-order valence-electron chi connectivity index (χ4n) is 4.73. The van der Waals surface area contributed by atoms with E-state index in [0.29, 0.717) is 30.1 Å². The quantitative estimate of drug-likeness (QED) is 0.350. The molecule has 1 aliphatic rings. The maximum absolute atomic E-state index is 14.1. The second-order valence-electron chi connectivity index (χ2n) is 8.97. The lowest BCUT2D eigenvalue weighted by Crippen LogP contribution is -2.44. The lowest BCUT2D eigenvalue weighted by atomic mass is 9.99. The molecule has 0 radical (unpaired) electrons. The number of nitrogens with zero attached hydrogens (tertiary/aromatic N) is 1. The summed E-state index contributed by atoms with van der Waals surface area (Å²) in [5.74, 6) is -0.908. The summed E-state index contributed by atoms with van der Waals surface area (Å²) in [5, 5.41) is 15.6. The lowest BCUT2D eigenvalue weighted by molar-refractivity contribution is 0.0696. The fourth-order valence-corrected chi connectivity index (χ4v) is 4.73. The minimum Gasteiger partial charge on any atom is -0.485 e. The molecule has 0 amide bonds. The number of ether oxygens (including phenoxy) is 1. The van der Waals surface area contributed by atoms with E-state index in [9.17, 15) is 14.3 Å². The first-order chi connectivity index (χ1) is 16.9. The first kappa shape index (κ1) is 22.9. The summed E-state index contributed by atoms with van der Waals surface area (Å²) in [6, 6.07) is 24.5. The molecule has 4 aromatic rings. The van der Waals surface area contributed by atoms with Gasteiger partial charge < -0.3 is 20.1 Å². The Labute approximate surface area is 203 Å². The number of aromatic carboxylic acids is 1. The topological polar surface area (TPSA) is 61.8 Å². The molecule has 0 spiro atoms. The monoisotopic (exact) mass is 470 g/mol. The summed E-state index contributed by atoms with van der Waals surface area (Å²) in [7, 11) is 0. The molecular weight excluding hydrogens is 443 g/mol. The molecule has 5 rings (SSSR count). The number of carbonyl (C=O) groups is 1. The number of hydrogen-bond acceptors (Lipinski definition) is 4. The van der Waals surface area contributed by atoms with E-state index in [4.69, 9.17) is 4.74 Å². The molecule has 35 heavy (non-hydrogen) atoms. The van der Waals surface area contributed by atoms with E-state index >= 15 is 0 Å². The third-order valence-electron chi connectivity index (χ3n) is 6.60. The van der Waals surface area contributed by atoms with E-state index in [-0.39, 0.29) is 23.5 Å². The van der Waals surface area contributed by atoms with Gasteiger partial charge in [-0.25, -0.2) is 9.18 Å². The van der Waals surface area contributed by atoms with Crippen LogP contribution in [-0.4, -0.2) is 30.3 Å². The van der Waals surface area contributed by atoms with Crippen LogP contribution in [0.1, 0.15) is 34.5 Å². The van der Waals surface area contributed by atoms with Crippen LogP contribution in [-0.2, 0) is 0 Å². The third-order valence-corrected chi connectivity index (χ3v) is 6.60. The van der Waals surface area contributed by atoms with Crippen LogP contribution >= 0.6 is 0 Å². The summed E-state index contributed by atoms with van der Waals surface area (Å²) in [4.78, 5) is 13.7. The number of benzene rings is 4. The maximum Gasteiger partial charge on any atom is 0.336 e. The summed E-state index contributed by atoms with van der Waals surface area (Å²) in [5.41, 5.74) is 3.58. The van der Waals surface area contributed by atoms with Gasteiger partial charge in [0.1, 0.15) is 17.7 Å². The van der Waals surface area contributed by atoms with Gasteiger partial charge in [0.25, 0.3) is 0 Å². The first-order valence-corrected chi connectivity index (χ1v) is 11.7. The van der Waals surface area contributed by atoms with Crippen molar-refractivity contribution in [1.82, 2.24) is 5.32 Å². The largest absolute Gasteiger partial charge is 0.485 e. The highest BCUT2D eigenvalue weighted by Gasteiger charge is 2.28. The van der Waals surface area contributed by atoms with E-state index in [2.05, 4.69) is 42.6 Å². The van der Waals surface area contributed by atoms with E-state index in [1.165, 1.54) is 28.5 Å². The van der Waals surface area contributed by atoms with Crippen LogP contribution in [0, 0.1) is 12.7 Å². The van der Waals surface area contributed by atoms with Gasteiger partial charge >= 0.3 is 5.97 Å². The molecule has 0 saturated heterocycles. The van der Waals surface area contributed by atoms with Crippen LogP contribution in [0.3, 0.4) is 0 Å². The van der Waals surface area contributed by atoms with Crippen LogP contribution in [0.2, 0.25) is 0 Å². The number of halogens is 1. The molecule has 1 aliphatic heterocycles. The van der Waals surface area contributed by atoms with Crippen molar-refractivity contribution in [1.29, 1.82) is 0 Å². The van der Waals surface area contributed by atoms with Gasteiger partial charge in [-0.2, -0.15) is 0 Å². The van der Waals surface area contributed by atoms with Crippen LogP contribution in [0.15, 0.2) is 78.9 Å².